The number of nitrogens with one attached hydrogen (secondary N) is 1. The van der Waals surface area contributed by atoms with E-state index in [1.165, 1.54) is 6.92 Å². The van der Waals surface area contributed by atoms with Gasteiger partial charge in [0.25, 0.3) is 5.91 Å². The van der Waals surface area contributed by atoms with E-state index >= 15 is 0 Å². The molecule has 2 saturated heterocycles. The predicted molar refractivity (Wildman–Crippen MR) is 136 cm³/mol. The van der Waals surface area contributed by atoms with E-state index in [1.807, 2.05) is 6.19 Å². The summed E-state index contributed by atoms with van der Waals surface area (Å²) in [4.78, 5) is 31.3. The SMILES string of the molecule is C[C@@H]1OCCN(C#N)[C@H]1C(=O)N(c1ccc(S(F)(F)(F)(F)F)cc1)C(C(=O)NC1CCOCC1)c1cncc(F)c1. The smallest absolute Gasteiger partial charge is 0.310 e. The number of nitrogens with zero attached hydrogens (tertiary/aromatic N) is 4. The summed E-state index contributed by atoms with van der Waals surface area (Å²) in [6, 6.07) is -1.07. The third-order valence-electron chi connectivity index (χ3n) is 6.79. The van der Waals surface area contributed by atoms with Crippen LogP contribution in [-0.2, 0) is 19.1 Å². The topological polar surface area (TPSA) is 108 Å². The maximum atomic E-state index is 14.3. The molecule has 2 amide bonds. The van der Waals surface area contributed by atoms with E-state index in [4.69, 9.17) is 9.47 Å². The molecule has 224 valence electrons. The van der Waals surface area contributed by atoms with Gasteiger partial charge < -0.3 is 14.8 Å². The molecule has 3 heterocycles. The number of rotatable bonds is 7. The first-order valence-corrected chi connectivity index (χ1v) is 14.5. The molecule has 0 spiro atoms. The number of benzene rings is 1. The number of morpholine rings is 1. The van der Waals surface area contributed by atoms with Crippen LogP contribution < -0.4 is 10.2 Å². The van der Waals surface area contributed by atoms with Crippen molar-refractivity contribution in [2.75, 3.05) is 31.3 Å². The fourth-order valence-electron chi connectivity index (χ4n) is 4.79. The molecule has 0 saturated carbocycles. The van der Waals surface area contributed by atoms with Crippen molar-refractivity contribution in [3.8, 4) is 6.19 Å². The van der Waals surface area contributed by atoms with Crippen molar-refractivity contribution in [1.82, 2.24) is 15.2 Å². The summed E-state index contributed by atoms with van der Waals surface area (Å²) in [5, 5.41) is 12.4. The Bertz CT molecular complexity index is 1340. The minimum Gasteiger partial charge on any atom is -0.381 e. The van der Waals surface area contributed by atoms with Gasteiger partial charge in [-0.2, -0.15) is 5.26 Å². The number of amides is 2. The maximum absolute atomic E-state index is 14.3. The lowest BCUT2D eigenvalue weighted by atomic mass is 10.00. The van der Waals surface area contributed by atoms with E-state index in [0.29, 0.717) is 38.2 Å². The van der Waals surface area contributed by atoms with Gasteiger partial charge in [-0.05, 0) is 50.1 Å². The van der Waals surface area contributed by atoms with Gasteiger partial charge in [-0.3, -0.25) is 24.4 Å². The van der Waals surface area contributed by atoms with Crippen LogP contribution in [0.3, 0.4) is 0 Å². The van der Waals surface area contributed by atoms with Crippen LogP contribution in [0, 0.1) is 17.3 Å². The van der Waals surface area contributed by atoms with Crippen LogP contribution in [0.4, 0.5) is 29.5 Å². The molecule has 4 rings (SSSR count). The summed E-state index contributed by atoms with van der Waals surface area (Å²) < 4.78 is 92.5. The average Bonchev–Trinajstić information content (AvgIpc) is 2.90. The Labute approximate surface area is 231 Å². The van der Waals surface area contributed by atoms with E-state index in [0.717, 1.165) is 28.3 Å². The molecule has 16 heteroatoms. The van der Waals surface area contributed by atoms with Crippen LogP contribution in [0.2, 0.25) is 0 Å². The zero-order valence-electron chi connectivity index (χ0n) is 21.7. The van der Waals surface area contributed by atoms with Crippen LogP contribution in [0.25, 0.3) is 0 Å². The molecule has 1 unspecified atom stereocenters. The predicted octanol–water partition coefficient (Wildman–Crippen LogP) is 4.82. The Hall–Kier alpha value is -3.55. The zero-order valence-corrected chi connectivity index (χ0v) is 22.5. The normalized spacial score (nSPS) is 22.5. The summed E-state index contributed by atoms with van der Waals surface area (Å²) in [5.74, 6) is -2.67. The molecule has 1 aromatic carbocycles. The van der Waals surface area contributed by atoms with Gasteiger partial charge in [0.05, 0.1) is 25.5 Å². The van der Waals surface area contributed by atoms with Crippen molar-refractivity contribution in [3.63, 3.8) is 0 Å². The first-order chi connectivity index (χ1) is 19.1. The van der Waals surface area contributed by atoms with Gasteiger partial charge in [-0.1, -0.05) is 19.4 Å². The van der Waals surface area contributed by atoms with Gasteiger partial charge in [-0.25, -0.2) is 4.39 Å². The minimum atomic E-state index is -10.1. The number of hydrogen-bond acceptors (Lipinski definition) is 7. The molecule has 9 nitrogen and oxygen atoms in total. The van der Waals surface area contributed by atoms with Gasteiger partial charge in [0.2, 0.25) is 5.91 Å². The van der Waals surface area contributed by atoms with E-state index < -0.39 is 57.0 Å². The van der Waals surface area contributed by atoms with E-state index in [9.17, 15) is 38.7 Å². The Morgan fingerprint density at radius 1 is 1.12 bits per heavy atom. The number of nitriles is 1. The van der Waals surface area contributed by atoms with E-state index in [2.05, 4.69) is 10.3 Å². The average molecular weight is 608 g/mol. The second-order valence-corrected chi connectivity index (χ2v) is 12.1. The number of pyridine rings is 1. The molecule has 41 heavy (non-hydrogen) atoms. The highest BCUT2D eigenvalue weighted by Crippen LogP contribution is 3.02. The fourth-order valence-corrected chi connectivity index (χ4v) is 5.44. The fraction of sp³-hybridized carbons (Fsp3) is 0.440. The summed E-state index contributed by atoms with van der Waals surface area (Å²) in [6.07, 6.45) is 3.75. The number of halogens is 6. The van der Waals surface area contributed by atoms with Crippen molar-refractivity contribution in [3.05, 3.63) is 54.1 Å². The van der Waals surface area contributed by atoms with E-state index in [1.54, 1.807) is 0 Å². The van der Waals surface area contributed by atoms with Crippen molar-refractivity contribution >= 4 is 27.7 Å². The number of hydrogen-bond donors (Lipinski definition) is 1. The molecule has 0 aliphatic carbocycles. The molecular weight excluding hydrogens is 580 g/mol. The first kappa shape index (κ1) is 30.4. The van der Waals surface area contributed by atoms with Crippen molar-refractivity contribution in [1.29, 1.82) is 5.26 Å². The van der Waals surface area contributed by atoms with Gasteiger partial charge in [0.1, 0.15) is 22.8 Å². The zero-order chi connectivity index (χ0) is 30.1. The Morgan fingerprint density at radius 2 is 1.78 bits per heavy atom. The van der Waals surface area contributed by atoms with Gasteiger partial charge in [-0.15, -0.1) is 0 Å². The quantitative estimate of drug-likeness (QED) is 0.355. The number of ether oxygens (including phenoxy) is 2. The third-order valence-corrected chi connectivity index (χ3v) is 7.95. The molecule has 0 radical (unpaired) electrons. The second kappa shape index (κ2) is 10.7. The minimum absolute atomic E-state index is 0.00526. The van der Waals surface area contributed by atoms with Crippen molar-refractivity contribution in [2.45, 2.75) is 48.9 Å². The third kappa shape index (κ3) is 7.03. The van der Waals surface area contributed by atoms with Gasteiger partial charge in [0.15, 0.2) is 6.19 Å². The molecule has 2 fully saturated rings. The largest absolute Gasteiger partial charge is 0.381 e. The lowest BCUT2D eigenvalue weighted by Gasteiger charge is -2.42. The molecule has 1 aromatic heterocycles. The van der Waals surface area contributed by atoms with Crippen LogP contribution in [-0.4, -0.2) is 66.3 Å². The Kier molecular flexibility index (Phi) is 7.93. The summed E-state index contributed by atoms with van der Waals surface area (Å²) in [7, 11) is -10.1. The number of anilines is 1. The van der Waals surface area contributed by atoms with Crippen LogP contribution >= 0.6 is 10.2 Å². The van der Waals surface area contributed by atoms with Crippen LogP contribution in [0.1, 0.15) is 31.4 Å². The highest BCUT2D eigenvalue weighted by atomic mass is 32.5. The lowest BCUT2D eigenvalue weighted by molar-refractivity contribution is -0.135. The molecule has 1 N–H and O–H groups in total. The Morgan fingerprint density at radius 3 is 2.37 bits per heavy atom. The summed E-state index contributed by atoms with van der Waals surface area (Å²) >= 11 is 0. The summed E-state index contributed by atoms with van der Waals surface area (Å²) in [6.45, 7) is 2.25. The van der Waals surface area contributed by atoms with Crippen molar-refractivity contribution in [2.24, 2.45) is 0 Å². The molecule has 0 bridgehead atoms. The number of carbonyl (C=O) groups excluding carboxylic acids is 2. The monoisotopic (exact) mass is 607 g/mol. The number of carbonyl (C=O) groups is 2. The van der Waals surface area contributed by atoms with Crippen molar-refractivity contribution < 1.29 is 42.9 Å². The molecular formula is C25H27F6N5O4S. The van der Waals surface area contributed by atoms with Crippen LogP contribution in [0.5, 0.6) is 0 Å². The first-order valence-electron chi connectivity index (χ1n) is 12.5. The van der Waals surface area contributed by atoms with Gasteiger partial charge >= 0.3 is 10.2 Å². The maximum Gasteiger partial charge on any atom is 0.310 e. The highest BCUT2D eigenvalue weighted by molar-refractivity contribution is 8.45. The van der Waals surface area contributed by atoms with E-state index in [-0.39, 0.29) is 36.5 Å². The standard InChI is InChI=1S/C25H27F6N5O4S/c1-16-22(35(15-32)8-11-40-16)25(38)36(20-2-4-21(5-3-20)41(27,28,29,30)31)23(17-12-18(26)14-33-13-17)24(37)34-19-6-9-39-10-7-19/h2-5,12-14,16,19,22-23H,6-11H2,1H3,(H,34,37)/t16-,22+,23?/m0/s1. The molecule has 2 aliphatic heterocycles. The highest BCUT2D eigenvalue weighted by Gasteiger charge is 2.65. The summed E-state index contributed by atoms with van der Waals surface area (Å²) in [5.41, 5.74) is -0.528. The lowest BCUT2D eigenvalue weighted by Crippen LogP contribution is -2.59. The molecule has 2 aliphatic rings. The second-order valence-electron chi connectivity index (χ2n) is 9.72. The van der Waals surface area contributed by atoms with Gasteiger partial charge in [0, 0.05) is 36.7 Å². The Balaban J connectivity index is 1.87. The molecule has 3 atom stereocenters. The van der Waals surface area contributed by atoms with Crippen LogP contribution in [0.15, 0.2) is 47.6 Å². The molecule has 2 aromatic rings. The number of aromatic nitrogens is 1.